The van der Waals surface area contributed by atoms with Crippen LogP contribution in [0.25, 0.3) is 10.2 Å². The predicted molar refractivity (Wildman–Crippen MR) is 127 cm³/mol. The van der Waals surface area contributed by atoms with Crippen LogP contribution in [-0.4, -0.2) is 27.5 Å². The molecule has 4 heterocycles. The first-order chi connectivity index (χ1) is 15.1. The van der Waals surface area contributed by atoms with Crippen LogP contribution < -0.4 is 4.90 Å². The van der Waals surface area contributed by atoms with E-state index < -0.39 is 5.97 Å². The first kappa shape index (κ1) is 21.7. The minimum absolute atomic E-state index is 0.260. The Labute approximate surface area is 193 Å². The van der Waals surface area contributed by atoms with E-state index in [-0.39, 0.29) is 6.61 Å². The van der Waals surface area contributed by atoms with Crippen molar-refractivity contribution >= 4 is 67.1 Å². The Morgan fingerprint density at radius 2 is 2.03 bits per heavy atom. The van der Waals surface area contributed by atoms with Crippen LogP contribution >= 0.6 is 34.3 Å². The molecular weight excluding hydrogens is 452 g/mol. The van der Waals surface area contributed by atoms with Crippen LogP contribution in [0.4, 0.5) is 16.6 Å². The number of aryl methyl sites for hydroxylation is 2. The number of thiophene rings is 2. The largest absolute Gasteiger partial charge is 0.462 e. The summed E-state index contributed by atoms with van der Waals surface area (Å²) in [5.41, 5.74) is 1.07. The van der Waals surface area contributed by atoms with Crippen LogP contribution in [0.2, 0.25) is 5.02 Å². The van der Waals surface area contributed by atoms with Crippen molar-refractivity contribution in [1.82, 2.24) is 15.0 Å². The van der Waals surface area contributed by atoms with Crippen LogP contribution in [0.3, 0.4) is 0 Å². The van der Waals surface area contributed by atoms with Gasteiger partial charge in [0.1, 0.15) is 15.4 Å². The number of fused-ring (bicyclic) bond motifs is 1. The van der Waals surface area contributed by atoms with E-state index in [1.807, 2.05) is 30.2 Å². The maximum atomic E-state index is 12.9. The monoisotopic (exact) mass is 472 g/mol. The summed E-state index contributed by atoms with van der Waals surface area (Å²) in [6.45, 7) is 6.16. The molecule has 0 aliphatic heterocycles. The predicted octanol–water partition coefficient (Wildman–Crippen LogP) is 6.57. The number of anilines is 3. The fourth-order valence-electron chi connectivity index (χ4n) is 3.18. The molecule has 0 saturated carbocycles. The average molecular weight is 473 g/mol. The number of esters is 1. The number of rotatable bonds is 7. The molecule has 0 aromatic carbocycles. The van der Waals surface area contributed by atoms with Gasteiger partial charge in [0.05, 0.1) is 23.5 Å². The van der Waals surface area contributed by atoms with Gasteiger partial charge in [0.15, 0.2) is 0 Å². The summed E-state index contributed by atoms with van der Waals surface area (Å²) in [4.78, 5) is 31.4. The lowest BCUT2D eigenvalue weighted by Crippen LogP contribution is -2.16. The first-order valence-electron chi connectivity index (χ1n) is 10.0. The van der Waals surface area contributed by atoms with Gasteiger partial charge in [0, 0.05) is 27.5 Å². The summed E-state index contributed by atoms with van der Waals surface area (Å²) < 4.78 is 5.32. The molecule has 4 rings (SSSR count). The van der Waals surface area contributed by atoms with E-state index in [2.05, 4.69) is 23.0 Å². The van der Waals surface area contributed by atoms with Crippen molar-refractivity contribution in [2.24, 2.45) is 0 Å². The van der Waals surface area contributed by atoms with Gasteiger partial charge in [-0.2, -0.15) is 0 Å². The average Bonchev–Trinajstić information content (AvgIpc) is 3.35. The molecule has 160 valence electrons. The van der Waals surface area contributed by atoms with Crippen LogP contribution in [-0.2, 0) is 17.6 Å². The molecule has 0 spiro atoms. The highest BCUT2D eigenvalue weighted by atomic mass is 35.5. The minimum atomic E-state index is -0.460. The van der Waals surface area contributed by atoms with E-state index in [0.717, 1.165) is 27.2 Å². The van der Waals surface area contributed by atoms with Gasteiger partial charge in [0.2, 0.25) is 5.95 Å². The normalized spacial score (nSPS) is 11.1. The van der Waals surface area contributed by atoms with E-state index in [1.165, 1.54) is 16.2 Å². The number of aromatic nitrogens is 3. The molecule has 0 amide bonds. The van der Waals surface area contributed by atoms with Gasteiger partial charge in [-0.25, -0.2) is 14.8 Å². The molecule has 0 N–H and O–H groups in total. The molecule has 0 saturated heterocycles. The number of pyridine rings is 1. The van der Waals surface area contributed by atoms with Crippen LogP contribution in [0.5, 0.6) is 0 Å². The Morgan fingerprint density at radius 1 is 1.19 bits per heavy atom. The third-order valence-corrected chi connectivity index (χ3v) is 7.70. The van der Waals surface area contributed by atoms with Crippen molar-refractivity contribution in [3.8, 4) is 0 Å². The number of carbonyl (C=O) groups excluding carboxylic acids is 1. The molecule has 0 unspecified atom stereocenters. The van der Waals surface area contributed by atoms with Crippen LogP contribution in [0, 0.1) is 0 Å². The molecule has 0 radical (unpaired) electrons. The van der Waals surface area contributed by atoms with Gasteiger partial charge < -0.3 is 4.74 Å². The van der Waals surface area contributed by atoms with Gasteiger partial charge in [-0.15, -0.1) is 22.7 Å². The number of halogens is 1. The summed E-state index contributed by atoms with van der Waals surface area (Å²) in [5.74, 6) is -0.00562. The van der Waals surface area contributed by atoms with Crippen molar-refractivity contribution in [2.45, 2.75) is 33.6 Å². The molecule has 31 heavy (non-hydrogen) atoms. The van der Waals surface area contributed by atoms with Gasteiger partial charge in [-0.3, -0.25) is 9.88 Å². The van der Waals surface area contributed by atoms with Gasteiger partial charge in [-0.1, -0.05) is 25.4 Å². The maximum Gasteiger partial charge on any atom is 0.342 e. The number of ether oxygens (including phenoxy) is 1. The highest BCUT2D eigenvalue weighted by Crippen LogP contribution is 2.45. The molecule has 6 nitrogen and oxygen atoms in total. The fraction of sp³-hybridized carbons (Fsp3) is 0.273. The lowest BCUT2D eigenvalue weighted by atomic mass is 10.2. The second-order valence-corrected chi connectivity index (χ2v) is 9.21. The molecular formula is C22H21ClN4O2S2. The zero-order chi connectivity index (χ0) is 22.0. The van der Waals surface area contributed by atoms with E-state index in [4.69, 9.17) is 21.3 Å². The number of hydrogen-bond donors (Lipinski definition) is 0. The minimum Gasteiger partial charge on any atom is -0.462 e. The standard InChI is InChI=1S/C22H21ClN4O2S2/c1-4-15-10-13-11-25-22(26-19(13)30-15)27(14-8-7-9-24-12-14)20-17(21(28)29-6-3)18(23)16(5-2)31-20/h7-12H,4-6H2,1-3H3. The lowest BCUT2D eigenvalue weighted by Gasteiger charge is -2.22. The second-order valence-electron chi connectivity index (χ2n) is 6.64. The van der Waals surface area contributed by atoms with E-state index in [0.29, 0.717) is 28.0 Å². The summed E-state index contributed by atoms with van der Waals surface area (Å²) in [6, 6.07) is 5.85. The maximum absolute atomic E-state index is 12.9. The van der Waals surface area contributed by atoms with Crippen LogP contribution in [0.15, 0.2) is 36.8 Å². The highest BCUT2D eigenvalue weighted by Gasteiger charge is 2.30. The third kappa shape index (κ3) is 4.15. The number of nitrogens with zero attached hydrogens (tertiary/aromatic N) is 4. The summed E-state index contributed by atoms with van der Waals surface area (Å²) >= 11 is 9.71. The van der Waals surface area contributed by atoms with Crippen LogP contribution in [0.1, 0.15) is 40.9 Å². The molecule has 9 heteroatoms. The summed E-state index contributed by atoms with van der Waals surface area (Å²) in [5, 5.41) is 2.04. The molecule has 0 atom stereocenters. The lowest BCUT2D eigenvalue weighted by molar-refractivity contribution is 0.0528. The van der Waals surface area contributed by atoms with Gasteiger partial charge in [-0.05, 0) is 38.0 Å². The van der Waals surface area contributed by atoms with Gasteiger partial charge >= 0.3 is 5.97 Å². The quantitative estimate of drug-likeness (QED) is 0.283. The molecule has 4 aromatic heterocycles. The van der Waals surface area contributed by atoms with E-state index in [1.54, 1.807) is 30.7 Å². The Morgan fingerprint density at radius 3 is 2.71 bits per heavy atom. The summed E-state index contributed by atoms with van der Waals surface area (Å²) in [7, 11) is 0. The van der Waals surface area contributed by atoms with E-state index in [9.17, 15) is 4.79 Å². The Bertz CT molecular complexity index is 1220. The fourth-order valence-corrected chi connectivity index (χ4v) is 5.72. The SMILES string of the molecule is CCOC(=O)c1c(N(c2cccnc2)c2ncc3cc(CC)sc3n2)sc(CC)c1Cl. The highest BCUT2D eigenvalue weighted by molar-refractivity contribution is 7.18. The second kappa shape index (κ2) is 9.30. The number of hydrogen-bond acceptors (Lipinski definition) is 8. The van der Waals surface area contributed by atoms with Gasteiger partial charge in [0.25, 0.3) is 0 Å². The van der Waals surface area contributed by atoms with Crippen molar-refractivity contribution in [3.63, 3.8) is 0 Å². The van der Waals surface area contributed by atoms with Crippen molar-refractivity contribution in [2.75, 3.05) is 11.5 Å². The zero-order valence-corrected chi connectivity index (χ0v) is 19.8. The van der Waals surface area contributed by atoms with Crippen molar-refractivity contribution < 1.29 is 9.53 Å². The van der Waals surface area contributed by atoms with Crippen molar-refractivity contribution in [3.05, 3.63) is 57.1 Å². The molecule has 0 fully saturated rings. The zero-order valence-electron chi connectivity index (χ0n) is 17.4. The Hall–Kier alpha value is -2.55. The summed E-state index contributed by atoms with van der Waals surface area (Å²) in [6.07, 6.45) is 6.87. The molecule has 0 aliphatic carbocycles. The molecule has 4 aromatic rings. The number of carbonyl (C=O) groups is 1. The third-order valence-electron chi connectivity index (χ3n) is 4.67. The Balaban J connectivity index is 1.94. The Kier molecular flexibility index (Phi) is 6.50. The molecule has 0 bridgehead atoms. The van der Waals surface area contributed by atoms with E-state index >= 15 is 0 Å². The first-order valence-corrected chi connectivity index (χ1v) is 12.0. The molecule has 0 aliphatic rings. The smallest absolute Gasteiger partial charge is 0.342 e. The van der Waals surface area contributed by atoms with Crippen molar-refractivity contribution in [1.29, 1.82) is 0 Å². The topological polar surface area (TPSA) is 68.2 Å².